The molecule has 5 rings (SSSR count). The number of aryl methyl sites for hydroxylation is 1. The van der Waals surface area contributed by atoms with Crippen LogP contribution in [0.25, 0.3) is 26.7 Å². The molecule has 160 valence electrons. The van der Waals surface area contributed by atoms with Gasteiger partial charge in [0, 0.05) is 41.8 Å². The van der Waals surface area contributed by atoms with Gasteiger partial charge in [-0.05, 0) is 62.6 Å². The second kappa shape index (κ2) is 8.81. The molecule has 1 aliphatic heterocycles. The predicted octanol–water partition coefficient (Wildman–Crippen LogP) is 6.17. The number of ether oxygens (including phenoxy) is 1. The van der Waals surface area contributed by atoms with E-state index in [0.717, 1.165) is 72.9 Å². The lowest BCUT2D eigenvalue weighted by Gasteiger charge is -2.26. The van der Waals surface area contributed by atoms with Crippen LogP contribution in [0.4, 0.5) is 4.39 Å². The number of hydrogen-bond acceptors (Lipinski definition) is 4. The molecule has 0 aliphatic carbocycles. The smallest absolute Gasteiger partial charge is 0.133 e. The van der Waals surface area contributed by atoms with Crippen molar-refractivity contribution >= 4 is 38.0 Å². The van der Waals surface area contributed by atoms with E-state index in [1.54, 1.807) is 17.4 Å². The molecule has 2 aromatic heterocycles. The molecule has 0 saturated heterocycles. The van der Waals surface area contributed by atoms with Gasteiger partial charge < -0.3 is 9.72 Å². The van der Waals surface area contributed by atoms with E-state index in [1.165, 1.54) is 16.3 Å². The first-order valence-electron chi connectivity index (χ1n) is 10.8. The normalized spacial score (nSPS) is 15.0. The Labute approximate surface area is 185 Å². The fourth-order valence-electron chi connectivity index (χ4n) is 4.29. The molecule has 31 heavy (non-hydrogen) atoms. The van der Waals surface area contributed by atoms with Crippen molar-refractivity contribution in [3.63, 3.8) is 0 Å². The summed E-state index contributed by atoms with van der Waals surface area (Å²) in [6, 6.07) is 11.4. The number of halogens is 1. The monoisotopic (exact) mass is 435 g/mol. The Balaban J connectivity index is 1.09. The van der Waals surface area contributed by atoms with Gasteiger partial charge >= 0.3 is 0 Å². The van der Waals surface area contributed by atoms with Crippen LogP contribution in [0.2, 0.25) is 0 Å². The van der Waals surface area contributed by atoms with Crippen molar-refractivity contribution in [3.05, 3.63) is 65.1 Å². The van der Waals surface area contributed by atoms with E-state index in [1.807, 2.05) is 31.3 Å². The van der Waals surface area contributed by atoms with Gasteiger partial charge in [-0.1, -0.05) is 12.1 Å². The van der Waals surface area contributed by atoms with Crippen molar-refractivity contribution in [2.45, 2.75) is 26.2 Å². The summed E-state index contributed by atoms with van der Waals surface area (Å²) in [5, 5.41) is 1.80. The number of nitrogens with zero attached hydrogens (tertiary/aromatic N) is 2. The standard InChI is InChI=1S/C25H26FN3OS/c1-17-28-23-15-19(7-8-24(23)31-17)30-14-3-2-11-29-12-9-18(10-13-29)20-16-27-22-6-4-5-21(26)25(20)22/h4-9,15-16,27H,2-3,10-14H2,1H3. The Bertz CT molecular complexity index is 1240. The number of fused-ring (bicyclic) bond motifs is 2. The fourth-order valence-corrected chi connectivity index (χ4v) is 5.10. The predicted molar refractivity (Wildman–Crippen MR) is 126 cm³/mol. The number of H-pyrrole nitrogens is 1. The van der Waals surface area contributed by atoms with Gasteiger partial charge in [0.25, 0.3) is 0 Å². The number of nitrogens with one attached hydrogen (secondary N) is 1. The van der Waals surface area contributed by atoms with Crippen molar-refractivity contribution in [1.82, 2.24) is 14.9 Å². The van der Waals surface area contributed by atoms with Gasteiger partial charge in [0.2, 0.25) is 0 Å². The third-order valence-corrected chi connectivity index (χ3v) is 6.85. The molecular formula is C25H26FN3OS. The Kier molecular flexibility index (Phi) is 5.74. The minimum Gasteiger partial charge on any atom is -0.494 e. The summed E-state index contributed by atoms with van der Waals surface area (Å²) >= 11 is 1.71. The molecule has 0 unspecified atom stereocenters. The van der Waals surface area contributed by atoms with Gasteiger partial charge in [0.15, 0.2) is 0 Å². The molecular weight excluding hydrogens is 409 g/mol. The van der Waals surface area contributed by atoms with Gasteiger partial charge in [-0.3, -0.25) is 4.90 Å². The van der Waals surface area contributed by atoms with Crippen LogP contribution in [0, 0.1) is 12.7 Å². The molecule has 0 fully saturated rings. The number of aromatic amines is 1. The van der Waals surface area contributed by atoms with Crippen LogP contribution in [-0.2, 0) is 0 Å². The van der Waals surface area contributed by atoms with Gasteiger partial charge in [0.1, 0.15) is 11.6 Å². The molecule has 1 N–H and O–H groups in total. The summed E-state index contributed by atoms with van der Waals surface area (Å²) in [4.78, 5) is 10.2. The summed E-state index contributed by atoms with van der Waals surface area (Å²) in [7, 11) is 0. The fraction of sp³-hybridized carbons (Fsp3) is 0.320. The zero-order valence-electron chi connectivity index (χ0n) is 17.7. The molecule has 4 nitrogen and oxygen atoms in total. The van der Waals surface area contributed by atoms with Crippen LogP contribution < -0.4 is 4.74 Å². The third-order valence-electron chi connectivity index (χ3n) is 5.90. The van der Waals surface area contributed by atoms with Crippen molar-refractivity contribution in [2.75, 3.05) is 26.2 Å². The Morgan fingerprint density at radius 3 is 3.03 bits per heavy atom. The summed E-state index contributed by atoms with van der Waals surface area (Å²) in [6.07, 6.45) is 7.26. The number of hydrogen-bond donors (Lipinski definition) is 1. The van der Waals surface area contributed by atoms with Crippen LogP contribution in [0.5, 0.6) is 5.75 Å². The lowest BCUT2D eigenvalue weighted by Crippen LogP contribution is -2.29. The quantitative estimate of drug-likeness (QED) is 0.353. The van der Waals surface area contributed by atoms with Gasteiger partial charge in [-0.25, -0.2) is 9.37 Å². The lowest BCUT2D eigenvalue weighted by molar-refractivity contribution is 0.265. The van der Waals surface area contributed by atoms with Crippen molar-refractivity contribution < 1.29 is 9.13 Å². The van der Waals surface area contributed by atoms with Crippen LogP contribution in [0.3, 0.4) is 0 Å². The van der Waals surface area contributed by atoms with E-state index in [2.05, 4.69) is 27.0 Å². The zero-order chi connectivity index (χ0) is 21.2. The zero-order valence-corrected chi connectivity index (χ0v) is 18.5. The average molecular weight is 436 g/mol. The van der Waals surface area contributed by atoms with Crippen molar-refractivity contribution in [1.29, 1.82) is 0 Å². The molecule has 3 heterocycles. The van der Waals surface area contributed by atoms with Crippen LogP contribution in [0.15, 0.2) is 48.7 Å². The number of unbranched alkanes of at least 4 members (excludes halogenated alkanes) is 1. The number of aromatic nitrogens is 2. The van der Waals surface area contributed by atoms with E-state index in [0.29, 0.717) is 5.39 Å². The molecule has 2 aromatic carbocycles. The van der Waals surface area contributed by atoms with E-state index >= 15 is 0 Å². The highest BCUT2D eigenvalue weighted by Crippen LogP contribution is 2.31. The Hall–Kier alpha value is -2.70. The van der Waals surface area contributed by atoms with E-state index < -0.39 is 0 Å². The molecule has 0 radical (unpaired) electrons. The first kappa shape index (κ1) is 20.2. The van der Waals surface area contributed by atoms with Gasteiger partial charge in [-0.15, -0.1) is 11.3 Å². The Morgan fingerprint density at radius 1 is 1.23 bits per heavy atom. The molecule has 0 spiro atoms. The lowest BCUT2D eigenvalue weighted by atomic mass is 9.98. The average Bonchev–Trinajstić information content (AvgIpc) is 3.37. The van der Waals surface area contributed by atoms with Crippen molar-refractivity contribution in [2.24, 2.45) is 0 Å². The maximum atomic E-state index is 14.3. The molecule has 4 aromatic rings. The van der Waals surface area contributed by atoms with E-state index in [4.69, 9.17) is 4.74 Å². The molecule has 0 amide bonds. The Morgan fingerprint density at radius 2 is 2.16 bits per heavy atom. The highest BCUT2D eigenvalue weighted by molar-refractivity contribution is 7.18. The highest BCUT2D eigenvalue weighted by Gasteiger charge is 2.17. The van der Waals surface area contributed by atoms with Crippen LogP contribution in [0.1, 0.15) is 29.8 Å². The minimum atomic E-state index is -0.152. The number of rotatable bonds is 7. The van der Waals surface area contributed by atoms with E-state index in [-0.39, 0.29) is 5.82 Å². The van der Waals surface area contributed by atoms with E-state index in [9.17, 15) is 4.39 Å². The maximum absolute atomic E-state index is 14.3. The SMILES string of the molecule is Cc1nc2cc(OCCCCN3CC=C(c4c[nH]c5cccc(F)c45)CC3)ccc2s1. The summed E-state index contributed by atoms with van der Waals surface area (Å²) < 4.78 is 21.4. The summed E-state index contributed by atoms with van der Waals surface area (Å²) in [5.74, 6) is 0.746. The number of thiazole rings is 1. The summed E-state index contributed by atoms with van der Waals surface area (Å²) in [6.45, 7) is 5.73. The largest absolute Gasteiger partial charge is 0.494 e. The molecule has 0 bridgehead atoms. The molecule has 0 saturated carbocycles. The minimum absolute atomic E-state index is 0.152. The van der Waals surface area contributed by atoms with Crippen LogP contribution in [-0.4, -0.2) is 41.1 Å². The molecule has 6 heteroatoms. The second-order valence-corrected chi connectivity index (χ2v) is 9.30. The maximum Gasteiger partial charge on any atom is 0.133 e. The summed E-state index contributed by atoms with van der Waals surface area (Å²) in [5.41, 5.74) is 4.13. The third kappa shape index (κ3) is 4.36. The van der Waals surface area contributed by atoms with Crippen molar-refractivity contribution in [3.8, 4) is 5.75 Å². The first-order chi connectivity index (χ1) is 15.2. The number of benzene rings is 2. The van der Waals surface area contributed by atoms with Gasteiger partial charge in [0.05, 0.1) is 21.8 Å². The topological polar surface area (TPSA) is 41.1 Å². The first-order valence-corrected chi connectivity index (χ1v) is 11.7. The molecule has 0 atom stereocenters. The highest BCUT2D eigenvalue weighted by atomic mass is 32.1. The second-order valence-electron chi connectivity index (χ2n) is 8.06. The van der Waals surface area contributed by atoms with Crippen LogP contribution >= 0.6 is 11.3 Å². The molecule has 1 aliphatic rings. The van der Waals surface area contributed by atoms with Gasteiger partial charge in [-0.2, -0.15) is 0 Å².